The highest BCUT2D eigenvalue weighted by atomic mass is 19.4. The minimum atomic E-state index is -4.48. The molecule has 1 aliphatic carbocycles. The Balaban J connectivity index is 1.32. The number of hydrogen-bond acceptors (Lipinski definition) is 7. The number of aromatic amines is 2. The van der Waals surface area contributed by atoms with Crippen molar-refractivity contribution in [2.24, 2.45) is 0 Å². The molecule has 13 heteroatoms. The van der Waals surface area contributed by atoms with E-state index in [0.29, 0.717) is 22.6 Å². The molecule has 1 aliphatic rings. The Morgan fingerprint density at radius 1 is 1.10 bits per heavy atom. The van der Waals surface area contributed by atoms with Crippen LogP contribution in [0.1, 0.15) is 40.5 Å². The lowest BCUT2D eigenvalue weighted by Crippen LogP contribution is -2.23. The number of rotatable bonds is 6. The molecule has 0 amide bonds. The highest BCUT2D eigenvalue weighted by molar-refractivity contribution is 5.87. The van der Waals surface area contributed by atoms with Crippen molar-refractivity contribution in [3.05, 3.63) is 104 Å². The molecule has 39 heavy (non-hydrogen) atoms. The maximum atomic E-state index is 12.9. The van der Waals surface area contributed by atoms with Crippen molar-refractivity contribution < 1.29 is 13.2 Å². The number of alkyl halides is 3. The molecular weight excluding hydrogens is 513 g/mol. The molecule has 10 nitrogen and oxygen atoms in total. The SMILES string of the molecule is N=Cc1ccc([C@H]2C[C@@H]2c2cc(-c3c[nH]c(=O)[nH]c3=O)nn3ccnc23)cc1Nc1ccc(C(F)(F)F)cn1. The first-order valence-electron chi connectivity index (χ1n) is 11.8. The van der Waals surface area contributed by atoms with Gasteiger partial charge in [0, 0.05) is 47.8 Å². The molecule has 0 spiro atoms. The largest absolute Gasteiger partial charge is 0.417 e. The van der Waals surface area contributed by atoms with Gasteiger partial charge in [0.15, 0.2) is 5.65 Å². The number of nitrogens with zero attached hydrogens (tertiary/aromatic N) is 4. The fraction of sp³-hybridized carbons (Fsp3) is 0.154. The zero-order chi connectivity index (χ0) is 27.3. The van der Waals surface area contributed by atoms with Crippen molar-refractivity contribution in [3.63, 3.8) is 0 Å². The van der Waals surface area contributed by atoms with E-state index in [2.05, 4.69) is 30.4 Å². The second-order valence-corrected chi connectivity index (χ2v) is 9.16. The van der Waals surface area contributed by atoms with Crippen molar-refractivity contribution in [2.45, 2.75) is 24.4 Å². The van der Waals surface area contributed by atoms with Crippen molar-refractivity contribution in [1.82, 2.24) is 29.5 Å². The molecule has 0 saturated heterocycles. The Hall–Kier alpha value is -5.07. The lowest BCUT2D eigenvalue weighted by atomic mass is 10.0. The van der Waals surface area contributed by atoms with Crippen LogP contribution in [0.2, 0.25) is 0 Å². The Morgan fingerprint density at radius 2 is 1.95 bits per heavy atom. The van der Waals surface area contributed by atoms with Crippen molar-refractivity contribution in [1.29, 1.82) is 5.41 Å². The second kappa shape index (κ2) is 9.04. The number of pyridine rings is 1. The summed E-state index contributed by atoms with van der Waals surface area (Å²) >= 11 is 0. The smallest absolute Gasteiger partial charge is 0.340 e. The number of fused-ring (bicyclic) bond motifs is 1. The van der Waals surface area contributed by atoms with Gasteiger partial charge in [-0.2, -0.15) is 18.3 Å². The molecule has 0 unspecified atom stereocenters. The van der Waals surface area contributed by atoms with Crippen LogP contribution in [0.5, 0.6) is 0 Å². The predicted octanol–water partition coefficient (Wildman–Crippen LogP) is 4.20. The molecule has 2 atom stereocenters. The van der Waals surface area contributed by atoms with Crippen LogP contribution in [-0.4, -0.2) is 35.8 Å². The van der Waals surface area contributed by atoms with E-state index in [-0.39, 0.29) is 23.2 Å². The molecule has 6 rings (SSSR count). The fourth-order valence-electron chi connectivity index (χ4n) is 4.66. The summed E-state index contributed by atoms with van der Waals surface area (Å²) in [5.41, 5.74) is 2.18. The number of benzene rings is 1. The summed E-state index contributed by atoms with van der Waals surface area (Å²) in [5.74, 6) is 0.372. The van der Waals surface area contributed by atoms with Gasteiger partial charge in [-0.1, -0.05) is 12.1 Å². The molecule has 1 fully saturated rings. The summed E-state index contributed by atoms with van der Waals surface area (Å²) in [6.45, 7) is 0. The average Bonchev–Trinajstić information content (AvgIpc) is 3.56. The first-order chi connectivity index (χ1) is 18.7. The van der Waals surface area contributed by atoms with Crippen molar-refractivity contribution >= 4 is 23.4 Å². The molecule has 4 heterocycles. The van der Waals surface area contributed by atoms with Crippen LogP contribution in [0.25, 0.3) is 16.9 Å². The van der Waals surface area contributed by atoms with Crippen LogP contribution in [0.3, 0.4) is 0 Å². The predicted molar refractivity (Wildman–Crippen MR) is 137 cm³/mol. The third-order valence-electron chi connectivity index (χ3n) is 6.69. The number of nitrogens with one attached hydrogen (secondary N) is 4. The molecular formula is C26H19F3N8O2. The van der Waals surface area contributed by atoms with E-state index in [4.69, 9.17) is 5.41 Å². The lowest BCUT2D eigenvalue weighted by molar-refractivity contribution is -0.137. The molecule has 1 aromatic carbocycles. The monoisotopic (exact) mass is 532 g/mol. The third-order valence-corrected chi connectivity index (χ3v) is 6.69. The first kappa shape index (κ1) is 24.3. The molecule has 0 bridgehead atoms. The fourth-order valence-corrected chi connectivity index (χ4v) is 4.66. The van der Waals surface area contributed by atoms with E-state index in [0.717, 1.165) is 36.0 Å². The van der Waals surface area contributed by atoms with Gasteiger partial charge in [-0.05, 0) is 48.1 Å². The van der Waals surface area contributed by atoms with Gasteiger partial charge in [-0.25, -0.2) is 19.3 Å². The lowest BCUT2D eigenvalue weighted by Gasteiger charge is -2.13. The Labute approximate surface area is 217 Å². The van der Waals surface area contributed by atoms with Crippen LogP contribution < -0.4 is 16.6 Å². The number of H-pyrrole nitrogens is 2. The van der Waals surface area contributed by atoms with Crippen molar-refractivity contribution in [3.8, 4) is 11.3 Å². The number of aromatic nitrogens is 6. The quantitative estimate of drug-likeness (QED) is 0.241. The minimum Gasteiger partial charge on any atom is -0.340 e. The zero-order valence-corrected chi connectivity index (χ0v) is 20.0. The highest BCUT2D eigenvalue weighted by Crippen LogP contribution is 2.56. The van der Waals surface area contributed by atoms with Gasteiger partial charge < -0.3 is 15.7 Å². The molecule has 5 aromatic rings. The summed E-state index contributed by atoms with van der Waals surface area (Å²) in [7, 11) is 0. The molecule has 196 valence electrons. The number of halogens is 3. The van der Waals surface area contributed by atoms with Gasteiger partial charge in [-0.15, -0.1) is 0 Å². The van der Waals surface area contributed by atoms with Gasteiger partial charge in [0.05, 0.1) is 16.8 Å². The van der Waals surface area contributed by atoms with E-state index in [1.807, 2.05) is 12.1 Å². The highest BCUT2D eigenvalue weighted by Gasteiger charge is 2.41. The third kappa shape index (κ3) is 4.58. The molecule has 0 aliphatic heterocycles. The van der Waals surface area contributed by atoms with Crippen LogP contribution >= 0.6 is 0 Å². The summed E-state index contributed by atoms with van der Waals surface area (Å²) in [6, 6.07) is 9.54. The summed E-state index contributed by atoms with van der Waals surface area (Å²) < 4.78 is 40.3. The Morgan fingerprint density at radius 3 is 2.67 bits per heavy atom. The topological polar surface area (TPSA) is 145 Å². The molecule has 0 radical (unpaired) electrons. The van der Waals surface area contributed by atoms with Crippen LogP contribution in [0.15, 0.2) is 70.8 Å². The van der Waals surface area contributed by atoms with Gasteiger partial charge in [0.25, 0.3) is 5.56 Å². The number of anilines is 2. The maximum Gasteiger partial charge on any atom is 0.417 e. The molecule has 4 aromatic heterocycles. The van der Waals surface area contributed by atoms with Gasteiger partial charge in [0.1, 0.15) is 5.82 Å². The average molecular weight is 532 g/mol. The van der Waals surface area contributed by atoms with Gasteiger partial charge in [0.2, 0.25) is 0 Å². The van der Waals surface area contributed by atoms with Crippen LogP contribution in [0, 0.1) is 5.41 Å². The van der Waals surface area contributed by atoms with Gasteiger partial charge in [-0.3, -0.25) is 9.78 Å². The van der Waals surface area contributed by atoms with E-state index < -0.39 is 23.0 Å². The summed E-state index contributed by atoms with van der Waals surface area (Å²) in [5, 5.41) is 15.2. The first-order valence-corrected chi connectivity index (χ1v) is 11.8. The summed E-state index contributed by atoms with van der Waals surface area (Å²) in [6.07, 6.45) is 2.84. The normalized spacial score (nSPS) is 16.8. The maximum absolute atomic E-state index is 12.9. The number of imidazole rings is 1. The van der Waals surface area contributed by atoms with E-state index in [1.165, 1.54) is 12.3 Å². The molecule has 4 N–H and O–H groups in total. The Kier molecular flexibility index (Phi) is 5.63. The minimum absolute atomic E-state index is 0.0568. The van der Waals surface area contributed by atoms with Crippen LogP contribution in [0.4, 0.5) is 24.7 Å². The molecule has 1 saturated carbocycles. The second-order valence-electron chi connectivity index (χ2n) is 9.16. The van der Waals surface area contributed by atoms with E-state index in [1.54, 1.807) is 29.0 Å². The zero-order valence-electron chi connectivity index (χ0n) is 20.0. The van der Waals surface area contributed by atoms with Gasteiger partial charge >= 0.3 is 11.9 Å². The Bertz CT molecular complexity index is 1840. The van der Waals surface area contributed by atoms with Crippen LogP contribution in [-0.2, 0) is 6.18 Å². The summed E-state index contributed by atoms with van der Waals surface area (Å²) in [4.78, 5) is 36.8. The van der Waals surface area contributed by atoms with E-state index in [9.17, 15) is 22.8 Å². The standard InChI is InChI=1S/C26H19F3N8O2/c27-26(28,29)15-3-4-22(32-11-15)34-20-7-13(1-2-14(20)10-30)16-8-17(16)18-9-21(36-37-6-5-31-23(18)37)19-12-33-25(39)35-24(19)38/h1-7,9-12,16-17,30H,8H2,(H,32,34)(H2,33,35,38,39)/t16-,17+/m1/s1. The van der Waals surface area contributed by atoms with E-state index >= 15 is 0 Å². The van der Waals surface area contributed by atoms with Crippen molar-refractivity contribution in [2.75, 3.05) is 5.32 Å². The number of hydrogen-bond donors (Lipinski definition) is 4.